The van der Waals surface area contributed by atoms with Gasteiger partial charge in [-0.15, -0.1) is 0 Å². The first-order valence-corrected chi connectivity index (χ1v) is 13.5. The highest BCUT2D eigenvalue weighted by Crippen LogP contribution is 2.47. The molecule has 14 heteroatoms. The number of carbonyl (C=O) groups excluding carboxylic acids is 1. The Morgan fingerprint density at radius 3 is 2.56 bits per heavy atom. The largest absolute Gasteiger partial charge is 0.462 e. The van der Waals surface area contributed by atoms with Gasteiger partial charge in [0.1, 0.15) is 34.2 Å². The maximum Gasteiger partial charge on any atom is 0.459 e. The normalized spacial score (nSPS) is 26.4. The van der Waals surface area contributed by atoms with Gasteiger partial charge in [0.15, 0.2) is 11.0 Å². The second kappa shape index (κ2) is 11.6. The summed E-state index contributed by atoms with van der Waals surface area (Å²) >= 11 is 10.3. The highest BCUT2D eigenvalue weighted by atomic mass is 32.1. The fourth-order valence-corrected chi connectivity index (χ4v) is 5.49. The maximum absolute atomic E-state index is 13.6. The van der Waals surface area contributed by atoms with Gasteiger partial charge in [-0.3, -0.25) is 13.9 Å². The number of aliphatic hydroxyl groups excluding tert-OH is 1. The van der Waals surface area contributed by atoms with E-state index in [1.165, 1.54) is 24.6 Å². The van der Waals surface area contributed by atoms with Crippen LogP contribution in [0.5, 0.6) is 5.75 Å². The van der Waals surface area contributed by atoms with Crippen LogP contribution in [0.2, 0.25) is 0 Å². The van der Waals surface area contributed by atoms with Gasteiger partial charge in [0.25, 0.3) is 0 Å². The van der Waals surface area contributed by atoms with Crippen LogP contribution in [0.15, 0.2) is 42.6 Å². The topological polar surface area (TPSA) is 144 Å². The van der Waals surface area contributed by atoms with Crippen molar-refractivity contribution in [1.82, 2.24) is 14.6 Å². The van der Waals surface area contributed by atoms with Crippen molar-refractivity contribution < 1.29 is 38.1 Å². The fraction of sp³-hybridized carbons (Fsp3) is 0.500. The Morgan fingerprint density at radius 1 is 1.28 bits per heavy atom. The van der Waals surface area contributed by atoms with E-state index in [9.17, 15) is 19.6 Å². The highest BCUT2D eigenvalue weighted by Gasteiger charge is 2.53. The zero-order chi connectivity index (χ0) is 26.7. The fourth-order valence-electron chi connectivity index (χ4n) is 3.50. The van der Waals surface area contributed by atoms with Crippen LogP contribution < -0.4 is 9.61 Å². The Kier molecular flexibility index (Phi) is 9.23. The molecule has 0 amide bonds. The molecular formula is C22H30N3O8PS2. The predicted molar refractivity (Wildman–Crippen MR) is 135 cm³/mol. The molecule has 2 unspecified atom stereocenters. The molecule has 2 aromatic rings. The highest BCUT2D eigenvalue weighted by molar-refractivity contribution is 7.72. The molecule has 0 spiro atoms. The predicted octanol–water partition coefficient (Wildman–Crippen LogP) is 3.42. The lowest BCUT2D eigenvalue weighted by atomic mass is 9.96. The molecule has 11 nitrogen and oxygen atoms in total. The van der Waals surface area contributed by atoms with E-state index in [-0.39, 0.29) is 16.6 Å². The maximum atomic E-state index is 13.6. The second-order valence-corrected chi connectivity index (χ2v) is 11.3. The Balaban J connectivity index is 1.80. The Bertz CT molecular complexity index is 1220. The van der Waals surface area contributed by atoms with E-state index >= 15 is 0 Å². The van der Waals surface area contributed by atoms with E-state index in [2.05, 4.69) is 10.1 Å². The minimum Gasteiger partial charge on any atom is -0.462 e. The summed E-state index contributed by atoms with van der Waals surface area (Å²) in [7, 11) is -4.19. The molecule has 1 aliphatic heterocycles. The van der Waals surface area contributed by atoms with Crippen molar-refractivity contribution in [2.45, 2.75) is 63.9 Å². The molecule has 1 aliphatic rings. The van der Waals surface area contributed by atoms with Gasteiger partial charge in [-0.1, -0.05) is 30.4 Å². The van der Waals surface area contributed by atoms with Gasteiger partial charge in [0.05, 0.1) is 12.7 Å². The number of hydrogen-bond donors (Lipinski definition) is 4. The van der Waals surface area contributed by atoms with E-state index in [1.54, 1.807) is 50.2 Å². The van der Waals surface area contributed by atoms with Crippen LogP contribution in [0.3, 0.4) is 0 Å². The number of nitrogens with zero attached hydrogens (tertiary/aromatic N) is 1. The quantitative estimate of drug-likeness (QED) is 0.193. The van der Waals surface area contributed by atoms with Crippen LogP contribution in [-0.4, -0.2) is 62.3 Å². The second-order valence-electron chi connectivity index (χ2n) is 8.75. The molecule has 0 saturated carbocycles. The molecule has 0 aliphatic carbocycles. The van der Waals surface area contributed by atoms with Gasteiger partial charge < -0.3 is 29.2 Å². The number of carbonyl (C=O) groups is 1. The van der Waals surface area contributed by atoms with Crippen molar-refractivity contribution in [3.05, 3.63) is 52.0 Å². The van der Waals surface area contributed by atoms with Gasteiger partial charge in [-0.05, 0) is 58.1 Å². The molecule has 6 atom stereocenters. The SMILES string of the molecule is CC(C)OC(=O)[C@H](C)NP(=O)(OC[C@H]1O[C@@H](n2ccc(=S)[nH]c2=S)C(C)(O)[C@H]1O)Oc1ccccc1. The summed E-state index contributed by atoms with van der Waals surface area (Å²) in [5.74, 6) is -0.428. The Labute approximate surface area is 219 Å². The van der Waals surface area contributed by atoms with E-state index < -0.39 is 50.4 Å². The smallest absolute Gasteiger partial charge is 0.459 e. The molecular weight excluding hydrogens is 529 g/mol. The lowest BCUT2D eigenvalue weighted by Gasteiger charge is -2.28. The number of aromatic nitrogens is 2. The molecule has 1 aromatic heterocycles. The summed E-state index contributed by atoms with van der Waals surface area (Å²) in [6.07, 6.45) is -2.51. The van der Waals surface area contributed by atoms with Crippen molar-refractivity contribution in [3.63, 3.8) is 0 Å². The number of aromatic amines is 1. The van der Waals surface area contributed by atoms with Crippen molar-refractivity contribution in [2.24, 2.45) is 0 Å². The minimum absolute atomic E-state index is 0.179. The number of esters is 1. The summed E-state index contributed by atoms with van der Waals surface area (Å²) in [5, 5.41) is 24.3. The number of ether oxygens (including phenoxy) is 2. The van der Waals surface area contributed by atoms with Crippen LogP contribution in [0.4, 0.5) is 0 Å². The van der Waals surface area contributed by atoms with Gasteiger partial charge in [0.2, 0.25) is 0 Å². The van der Waals surface area contributed by atoms with E-state index in [1.807, 2.05) is 0 Å². The molecule has 4 N–H and O–H groups in total. The summed E-state index contributed by atoms with van der Waals surface area (Å²) in [6, 6.07) is 8.76. The zero-order valence-electron chi connectivity index (χ0n) is 20.2. The average molecular weight is 560 g/mol. The standard InChI is InChI=1S/C22H30N3O8PS2/c1-13(2)31-19(27)14(3)24-34(29,33-15-8-6-5-7-9-15)30-12-16-18(26)22(4,28)20(32-16)25-11-10-17(35)23-21(25)36/h5-11,13-14,16,18,20,26,28H,12H2,1-4H3,(H,24,29)(H,23,35,36)/t14-,16+,18-,20+,22?,34?/m0/s1. The van der Waals surface area contributed by atoms with Crippen molar-refractivity contribution in [2.75, 3.05) is 6.61 Å². The lowest BCUT2D eigenvalue weighted by molar-refractivity contribution is -0.149. The molecule has 1 aromatic carbocycles. The van der Waals surface area contributed by atoms with Crippen LogP contribution in [-0.2, 0) is 23.4 Å². The zero-order valence-corrected chi connectivity index (χ0v) is 22.7. The van der Waals surface area contributed by atoms with Gasteiger partial charge in [0, 0.05) is 6.20 Å². The van der Waals surface area contributed by atoms with E-state index in [0.717, 1.165) is 0 Å². The van der Waals surface area contributed by atoms with E-state index in [0.29, 0.717) is 4.64 Å². The number of hydrogen-bond acceptors (Lipinski definition) is 10. The lowest BCUT2D eigenvalue weighted by Crippen LogP contribution is -2.44. The molecule has 198 valence electrons. The van der Waals surface area contributed by atoms with Crippen LogP contribution in [0.1, 0.15) is 33.9 Å². The van der Waals surface area contributed by atoms with Gasteiger partial charge in [-0.2, -0.15) is 5.09 Å². The third kappa shape index (κ3) is 6.87. The summed E-state index contributed by atoms with van der Waals surface area (Å²) < 4.78 is 37.9. The van der Waals surface area contributed by atoms with Crippen molar-refractivity contribution >= 4 is 38.2 Å². The first-order valence-electron chi connectivity index (χ1n) is 11.2. The average Bonchev–Trinajstić information content (AvgIpc) is 3.01. The minimum atomic E-state index is -4.19. The van der Waals surface area contributed by atoms with Gasteiger partial charge >= 0.3 is 13.7 Å². The molecule has 2 heterocycles. The number of aliphatic hydroxyl groups is 2. The molecule has 1 fully saturated rings. The number of rotatable bonds is 10. The third-order valence-electron chi connectivity index (χ3n) is 5.29. The van der Waals surface area contributed by atoms with Gasteiger partial charge in [-0.25, -0.2) is 4.57 Å². The Hall–Kier alpha value is -1.96. The number of nitrogens with one attached hydrogen (secondary N) is 2. The molecule has 1 saturated heterocycles. The summed E-state index contributed by atoms with van der Waals surface area (Å²) in [6.45, 7) is 5.77. The monoisotopic (exact) mass is 559 g/mol. The first-order chi connectivity index (χ1) is 16.8. The van der Waals surface area contributed by atoms with Crippen LogP contribution in [0.25, 0.3) is 0 Å². The van der Waals surface area contributed by atoms with Crippen LogP contribution >= 0.6 is 32.2 Å². The van der Waals surface area contributed by atoms with Crippen LogP contribution in [0, 0.1) is 9.41 Å². The summed E-state index contributed by atoms with van der Waals surface area (Å²) in [4.78, 5) is 15.1. The number of benzene rings is 1. The molecule has 3 rings (SSSR count). The van der Waals surface area contributed by atoms with Crippen molar-refractivity contribution in [3.8, 4) is 5.75 Å². The molecule has 36 heavy (non-hydrogen) atoms. The third-order valence-corrected chi connectivity index (χ3v) is 7.49. The molecule has 0 bridgehead atoms. The Morgan fingerprint density at radius 2 is 1.94 bits per heavy atom. The molecule has 0 radical (unpaired) electrons. The summed E-state index contributed by atoms with van der Waals surface area (Å²) in [5.41, 5.74) is -1.78. The van der Waals surface area contributed by atoms with Crippen molar-refractivity contribution in [1.29, 1.82) is 0 Å². The number of H-pyrrole nitrogens is 1. The van der Waals surface area contributed by atoms with E-state index in [4.69, 9.17) is 43.0 Å². The first kappa shape index (κ1) is 28.6. The number of para-hydroxylation sites is 1.